The minimum Gasteiger partial charge on any atom is -0.213 e. The molecule has 6 nitrogen and oxygen atoms in total. The molecule has 2 aliphatic rings. The fourth-order valence-corrected chi connectivity index (χ4v) is 5.26. The third-order valence-corrected chi connectivity index (χ3v) is 7.95. The molecular weight excluding hydrogens is 388 g/mol. The monoisotopic (exact) mass is 418 g/mol. The molecule has 2 heterocycles. The van der Waals surface area contributed by atoms with E-state index in [9.17, 15) is 16.8 Å². The highest BCUT2D eigenvalue weighted by Crippen LogP contribution is 2.31. The summed E-state index contributed by atoms with van der Waals surface area (Å²) in [6.07, 6.45) is 4.36. The zero-order valence-corrected chi connectivity index (χ0v) is 18.2. The molecule has 2 fully saturated rings. The lowest BCUT2D eigenvalue weighted by atomic mass is 10.4. The maximum absolute atomic E-state index is 11.2. The Balaban J connectivity index is 0.000000240. The molecule has 0 radical (unpaired) electrons. The normalized spacial score (nSPS) is 23.1. The molecule has 0 aromatic heterocycles. The Morgan fingerprint density at radius 3 is 1.25 bits per heavy atom. The summed E-state index contributed by atoms with van der Waals surface area (Å²) < 4.78 is 48.0. The fraction of sp³-hybridized carbons (Fsp3) is 1.00. The number of rotatable bonds is 10. The molecule has 0 aromatic carbocycles. The second kappa shape index (κ2) is 10.0. The van der Waals surface area contributed by atoms with Crippen molar-refractivity contribution in [1.29, 1.82) is 0 Å². The summed E-state index contributed by atoms with van der Waals surface area (Å²) in [4.78, 5) is 0. The molecule has 2 saturated heterocycles. The Kier molecular flexibility index (Phi) is 9.41. The molecule has 0 aromatic rings. The molecule has 2 aliphatic heterocycles. The Bertz CT molecular complexity index is 520. The average Bonchev–Trinajstić information content (AvgIpc) is 3.32. The minimum absolute atomic E-state index is 0.561. The van der Waals surface area contributed by atoms with Crippen LogP contribution in [0.4, 0.5) is 0 Å². The van der Waals surface area contributed by atoms with E-state index < -0.39 is 20.0 Å². The van der Waals surface area contributed by atoms with E-state index in [0.29, 0.717) is 36.7 Å². The van der Waals surface area contributed by atoms with Gasteiger partial charge >= 0.3 is 0 Å². The Hall–Kier alpha value is 0.520. The SMILES string of the molecule is CCCN(CC1CS1)S(C)(=O)=O.CCCN(CC1CS1)S(C)(=O)=O. The largest absolute Gasteiger partial charge is 0.213 e. The van der Waals surface area contributed by atoms with E-state index in [1.54, 1.807) is 8.61 Å². The van der Waals surface area contributed by atoms with Crippen molar-refractivity contribution in [2.45, 2.75) is 37.2 Å². The summed E-state index contributed by atoms with van der Waals surface area (Å²) in [7, 11) is -5.92. The van der Waals surface area contributed by atoms with Gasteiger partial charge in [-0.05, 0) is 12.8 Å². The smallest absolute Gasteiger partial charge is 0.211 e. The van der Waals surface area contributed by atoms with Gasteiger partial charge < -0.3 is 0 Å². The summed E-state index contributed by atoms with van der Waals surface area (Å²) >= 11 is 3.66. The van der Waals surface area contributed by atoms with Crippen LogP contribution in [0.25, 0.3) is 0 Å². The first-order chi connectivity index (χ1) is 11.1. The van der Waals surface area contributed by atoms with Crippen LogP contribution >= 0.6 is 23.5 Å². The van der Waals surface area contributed by atoms with Crippen LogP contribution in [0.15, 0.2) is 0 Å². The molecule has 0 aliphatic carbocycles. The summed E-state index contributed by atoms with van der Waals surface area (Å²) in [6.45, 7) is 6.73. The maximum Gasteiger partial charge on any atom is 0.211 e. The molecule has 0 bridgehead atoms. The van der Waals surface area contributed by atoms with Gasteiger partial charge in [0.1, 0.15) is 0 Å². The van der Waals surface area contributed by atoms with Gasteiger partial charge in [0.05, 0.1) is 12.5 Å². The highest BCUT2D eigenvalue weighted by molar-refractivity contribution is 8.07. The lowest BCUT2D eigenvalue weighted by Crippen LogP contribution is -2.33. The zero-order chi connectivity index (χ0) is 18.4. The van der Waals surface area contributed by atoms with E-state index >= 15 is 0 Å². The lowest BCUT2D eigenvalue weighted by molar-refractivity contribution is 0.423. The molecule has 10 heteroatoms. The molecule has 2 unspecified atom stereocenters. The van der Waals surface area contributed by atoms with Gasteiger partial charge in [-0.25, -0.2) is 25.4 Å². The molecule has 0 spiro atoms. The van der Waals surface area contributed by atoms with Gasteiger partial charge in [-0.3, -0.25) is 0 Å². The van der Waals surface area contributed by atoms with Crippen LogP contribution in [-0.2, 0) is 20.0 Å². The van der Waals surface area contributed by atoms with Crippen molar-refractivity contribution in [1.82, 2.24) is 8.61 Å². The molecular formula is C14H30N2O4S4. The fourth-order valence-electron chi connectivity index (χ4n) is 2.08. The predicted octanol–water partition coefficient (Wildman–Crippen LogP) is 1.55. The summed E-state index contributed by atoms with van der Waals surface area (Å²) in [5.41, 5.74) is 0. The highest BCUT2D eigenvalue weighted by atomic mass is 32.2. The third kappa shape index (κ3) is 9.86. The first kappa shape index (κ1) is 22.6. The Morgan fingerprint density at radius 2 is 1.08 bits per heavy atom. The first-order valence-electron chi connectivity index (χ1n) is 8.21. The van der Waals surface area contributed by atoms with Gasteiger partial charge in [-0.15, -0.1) is 0 Å². The maximum atomic E-state index is 11.2. The molecule has 2 atom stereocenters. The van der Waals surface area contributed by atoms with E-state index in [1.165, 1.54) is 12.5 Å². The number of nitrogens with zero attached hydrogens (tertiary/aromatic N) is 2. The standard InChI is InChI=1S/2C7H15NO2S2/c2*1-3-4-8(12(2,9)10)5-7-6-11-7/h2*7H,3-6H2,1-2H3. The average molecular weight is 419 g/mol. The van der Waals surface area contributed by atoms with Crippen molar-refractivity contribution in [3.8, 4) is 0 Å². The summed E-state index contributed by atoms with van der Waals surface area (Å²) in [5.74, 6) is 2.24. The summed E-state index contributed by atoms with van der Waals surface area (Å²) in [6, 6.07) is 0. The van der Waals surface area contributed by atoms with Gasteiger partial charge in [0.2, 0.25) is 20.0 Å². The van der Waals surface area contributed by atoms with Crippen molar-refractivity contribution in [2.75, 3.05) is 50.2 Å². The van der Waals surface area contributed by atoms with Gasteiger partial charge in [-0.2, -0.15) is 23.5 Å². The van der Waals surface area contributed by atoms with Crippen LogP contribution in [0.1, 0.15) is 26.7 Å². The van der Waals surface area contributed by atoms with Crippen LogP contribution in [0.2, 0.25) is 0 Å². The molecule has 0 N–H and O–H groups in total. The molecule has 144 valence electrons. The van der Waals surface area contributed by atoms with Crippen molar-refractivity contribution in [2.24, 2.45) is 0 Å². The van der Waals surface area contributed by atoms with Crippen LogP contribution in [-0.4, -0.2) is 86.1 Å². The minimum atomic E-state index is -2.96. The van der Waals surface area contributed by atoms with E-state index in [4.69, 9.17) is 0 Å². The highest BCUT2D eigenvalue weighted by Gasteiger charge is 2.29. The zero-order valence-electron chi connectivity index (χ0n) is 15.0. The number of sulfonamides is 2. The first-order valence-corrected chi connectivity index (χ1v) is 14.0. The van der Waals surface area contributed by atoms with Crippen molar-refractivity contribution < 1.29 is 16.8 Å². The second-order valence-electron chi connectivity index (χ2n) is 6.15. The van der Waals surface area contributed by atoms with Gasteiger partial charge in [0.25, 0.3) is 0 Å². The van der Waals surface area contributed by atoms with Gasteiger partial charge in [0.15, 0.2) is 0 Å². The van der Waals surface area contributed by atoms with Crippen molar-refractivity contribution >= 4 is 43.6 Å². The Labute approximate surface area is 156 Å². The molecule has 24 heavy (non-hydrogen) atoms. The predicted molar refractivity (Wildman–Crippen MR) is 106 cm³/mol. The van der Waals surface area contributed by atoms with Crippen LogP contribution in [0.5, 0.6) is 0 Å². The Morgan fingerprint density at radius 1 is 0.792 bits per heavy atom. The third-order valence-electron chi connectivity index (χ3n) is 3.50. The van der Waals surface area contributed by atoms with Crippen molar-refractivity contribution in [3.05, 3.63) is 0 Å². The molecule has 0 amide bonds. The topological polar surface area (TPSA) is 74.8 Å². The number of thioether (sulfide) groups is 2. The molecule has 2 rings (SSSR count). The molecule has 0 saturated carbocycles. The van der Waals surface area contributed by atoms with E-state index in [2.05, 4.69) is 0 Å². The van der Waals surface area contributed by atoms with Gasteiger partial charge in [0, 0.05) is 48.2 Å². The lowest BCUT2D eigenvalue weighted by Gasteiger charge is -2.17. The number of hydrogen-bond acceptors (Lipinski definition) is 6. The van der Waals surface area contributed by atoms with Crippen LogP contribution < -0.4 is 0 Å². The summed E-state index contributed by atoms with van der Waals surface area (Å²) in [5, 5.41) is 1.12. The van der Waals surface area contributed by atoms with Crippen molar-refractivity contribution in [3.63, 3.8) is 0 Å². The van der Waals surface area contributed by atoms with Gasteiger partial charge in [-0.1, -0.05) is 13.8 Å². The van der Waals surface area contributed by atoms with E-state index in [-0.39, 0.29) is 0 Å². The van der Waals surface area contributed by atoms with Crippen LogP contribution in [0.3, 0.4) is 0 Å². The quantitative estimate of drug-likeness (QED) is 0.501. The van der Waals surface area contributed by atoms with E-state index in [1.807, 2.05) is 37.4 Å². The number of hydrogen-bond donors (Lipinski definition) is 0. The van der Waals surface area contributed by atoms with E-state index in [0.717, 1.165) is 24.3 Å². The van der Waals surface area contributed by atoms with Crippen LogP contribution in [0, 0.1) is 0 Å². The second-order valence-corrected chi connectivity index (χ2v) is 12.8.